The predicted octanol–water partition coefficient (Wildman–Crippen LogP) is 3.37. The molecule has 0 radical (unpaired) electrons. The van der Waals surface area contributed by atoms with Crippen LogP contribution in [0.4, 0.5) is 0 Å². The molecule has 1 aliphatic heterocycles. The van der Waals surface area contributed by atoms with Crippen molar-refractivity contribution in [2.24, 2.45) is 4.99 Å². The normalized spacial score (nSPS) is 17.0. The number of thiazole rings is 1. The molecule has 148 valence electrons. The average Bonchev–Trinajstić information content (AvgIpc) is 3.36. The summed E-state index contributed by atoms with van der Waals surface area (Å²) in [6.07, 6.45) is 7.67. The van der Waals surface area contributed by atoms with Crippen LogP contribution in [-0.2, 0) is 6.42 Å². The Morgan fingerprint density at radius 2 is 2.19 bits per heavy atom. The van der Waals surface area contributed by atoms with Crippen LogP contribution < -0.4 is 10.6 Å². The van der Waals surface area contributed by atoms with Crippen molar-refractivity contribution in [3.63, 3.8) is 0 Å². The van der Waals surface area contributed by atoms with Gasteiger partial charge >= 0.3 is 0 Å². The highest BCUT2D eigenvalue weighted by atomic mass is 32.1. The molecule has 7 heteroatoms. The number of hydrogen-bond donors (Lipinski definition) is 2. The van der Waals surface area contributed by atoms with Crippen molar-refractivity contribution in [3.8, 4) is 0 Å². The topological polar surface area (TPSA) is 65.7 Å². The predicted molar refractivity (Wildman–Crippen MR) is 111 cm³/mol. The van der Waals surface area contributed by atoms with Gasteiger partial charge < -0.3 is 15.1 Å². The number of furan rings is 1. The third-order valence-electron chi connectivity index (χ3n) is 4.92. The Balaban J connectivity index is 1.46. The molecule has 2 aromatic heterocycles. The first-order chi connectivity index (χ1) is 13.3. The average molecular weight is 390 g/mol. The van der Waals surface area contributed by atoms with Crippen LogP contribution in [-0.4, -0.2) is 49.1 Å². The Morgan fingerprint density at radius 3 is 2.85 bits per heavy atom. The molecular formula is C20H31N5OS. The van der Waals surface area contributed by atoms with Crippen molar-refractivity contribution in [3.05, 3.63) is 40.2 Å². The smallest absolute Gasteiger partial charge is 0.191 e. The van der Waals surface area contributed by atoms with Gasteiger partial charge in [0.1, 0.15) is 5.76 Å². The van der Waals surface area contributed by atoms with E-state index in [-0.39, 0.29) is 6.04 Å². The summed E-state index contributed by atoms with van der Waals surface area (Å²) >= 11 is 1.74. The fourth-order valence-corrected chi connectivity index (χ4v) is 4.32. The van der Waals surface area contributed by atoms with Gasteiger partial charge in [-0.25, -0.2) is 4.98 Å². The molecule has 0 spiro atoms. The lowest BCUT2D eigenvalue weighted by atomic mass is 10.1. The zero-order valence-electron chi connectivity index (χ0n) is 16.4. The van der Waals surface area contributed by atoms with Gasteiger partial charge in [0.2, 0.25) is 0 Å². The Hall–Kier alpha value is -1.86. The molecule has 1 fully saturated rings. The van der Waals surface area contributed by atoms with Crippen molar-refractivity contribution in [1.29, 1.82) is 0 Å². The van der Waals surface area contributed by atoms with Crippen molar-refractivity contribution in [2.75, 3.05) is 33.2 Å². The van der Waals surface area contributed by atoms with Gasteiger partial charge in [0.15, 0.2) is 5.96 Å². The number of aromatic nitrogens is 1. The number of aliphatic imine (C=N–C) groups is 1. The second-order valence-corrected chi connectivity index (χ2v) is 7.94. The molecule has 3 rings (SSSR count). The Bertz CT molecular complexity index is 691. The molecule has 0 aromatic carbocycles. The van der Waals surface area contributed by atoms with Crippen LogP contribution in [0.3, 0.4) is 0 Å². The van der Waals surface area contributed by atoms with E-state index < -0.39 is 0 Å². The monoisotopic (exact) mass is 389 g/mol. The summed E-state index contributed by atoms with van der Waals surface area (Å²) in [5, 5.41) is 10.2. The van der Waals surface area contributed by atoms with Crippen LogP contribution in [0, 0.1) is 6.92 Å². The number of nitrogens with one attached hydrogen (secondary N) is 2. The molecule has 6 nitrogen and oxygen atoms in total. The summed E-state index contributed by atoms with van der Waals surface area (Å²) in [6, 6.07) is 4.30. The first-order valence-electron chi connectivity index (χ1n) is 9.89. The van der Waals surface area contributed by atoms with Crippen molar-refractivity contribution in [2.45, 2.75) is 45.1 Å². The van der Waals surface area contributed by atoms with Gasteiger partial charge in [0.25, 0.3) is 0 Å². The lowest BCUT2D eigenvalue weighted by molar-refractivity contribution is 0.146. The van der Waals surface area contributed by atoms with E-state index in [0.29, 0.717) is 0 Å². The van der Waals surface area contributed by atoms with E-state index >= 15 is 0 Å². The fraction of sp³-hybridized carbons (Fsp3) is 0.600. The first kappa shape index (κ1) is 19.9. The maximum absolute atomic E-state index is 5.72. The molecule has 2 aromatic rings. The standard InChI is InChI=1S/C20H31N5OS/c1-16-15-27-19(24-16)9-6-10-22-20(21-2)23-14-17(18-8-7-13-26-18)25-11-4-3-5-12-25/h7-8,13,15,17H,3-6,9-12,14H2,1-2H3,(H2,21,22,23). The quantitative estimate of drug-likeness (QED) is 0.412. The van der Waals surface area contributed by atoms with E-state index in [2.05, 4.69) is 37.0 Å². The van der Waals surface area contributed by atoms with Crippen LogP contribution in [0.25, 0.3) is 0 Å². The number of aryl methyl sites for hydroxylation is 2. The molecule has 1 unspecified atom stereocenters. The molecule has 27 heavy (non-hydrogen) atoms. The lowest BCUT2D eigenvalue weighted by Gasteiger charge is -2.33. The van der Waals surface area contributed by atoms with Crippen LogP contribution in [0.5, 0.6) is 0 Å². The van der Waals surface area contributed by atoms with Gasteiger partial charge in [-0.05, 0) is 51.4 Å². The third kappa shape index (κ3) is 6.07. The van der Waals surface area contributed by atoms with Crippen molar-refractivity contribution in [1.82, 2.24) is 20.5 Å². The molecule has 0 bridgehead atoms. The summed E-state index contributed by atoms with van der Waals surface area (Å²) in [6.45, 7) is 5.98. The number of guanidine groups is 1. The molecule has 2 N–H and O–H groups in total. The molecule has 0 aliphatic carbocycles. The number of likely N-dealkylation sites (tertiary alicyclic amines) is 1. The van der Waals surface area contributed by atoms with Gasteiger partial charge in [-0.3, -0.25) is 9.89 Å². The molecule has 1 saturated heterocycles. The van der Waals surface area contributed by atoms with Gasteiger partial charge in [-0.2, -0.15) is 0 Å². The highest BCUT2D eigenvalue weighted by molar-refractivity contribution is 7.09. The zero-order chi connectivity index (χ0) is 18.9. The van der Waals surface area contributed by atoms with E-state index in [1.165, 1.54) is 24.3 Å². The highest BCUT2D eigenvalue weighted by Gasteiger charge is 2.24. The van der Waals surface area contributed by atoms with Gasteiger partial charge in [-0.15, -0.1) is 11.3 Å². The van der Waals surface area contributed by atoms with E-state index in [0.717, 1.165) is 56.4 Å². The van der Waals surface area contributed by atoms with E-state index in [1.807, 2.05) is 20.0 Å². The van der Waals surface area contributed by atoms with Crippen molar-refractivity contribution < 1.29 is 4.42 Å². The van der Waals surface area contributed by atoms with Gasteiger partial charge in [0.05, 0.1) is 17.3 Å². The lowest BCUT2D eigenvalue weighted by Crippen LogP contribution is -2.44. The molecular weight excluding hydrogens is 358 g/mol. The number of hydrogen-bond acceptors (Lipinski definition) is 5. The highest BCUT2D eigenvalue weighted by Crippen LogP contribution is 2.24. The number of piperidine rings is 1. The second kappa shape index (κ2) is 10.5. The van der Waals surface area contributed by atoms with Crippen LogP contribution >= 0.6 is 11.3 Å². The zero-order valence-corrected chi connectivity index (χ0v) is 17.2. The minimum atomic E-state index is 0.247. The van der Waals surface area contributed by atoms with E-state index in [9.17, 15) is 0 Å². The summed E-state index contributed by atoms with van der Waals surface area (Å²) < 4.78 is 5.72. The van der Waals surface area contributed by atoms with Gasteiger partial charge in [0, 0.05) is 37.6 Å². The van der Waals surface area contributed by atoms with E-state index in [1.54, 1.807) is 17.6 Å². The maximum atomic E-state index is 5.72. The second-order valence-electron chi connectivity index (χ2n) is 6.99. The molecule has 1 aliphatic rings. The Kier molecular flexibility index (Phi) is 7.71. The molecule has 0 amide bonds. The summed E-state index contributed by atoms with van der Waals surface area (Å²) in [5.41, 5.74) is 1.11. The summed E-state index contributed by atoms with van der Waals surface area (Å²) in [4.78, 5) is 11.4. The Morgan fingerprint density at radius 1 is 1.33 bits per heavy atom. The Labute approximate surface area is 166 Å². The fourth-order valence-electron chi connectivity index (χ4n) is 3.50. The van der Waals surface area contributed by atoms with Crippen LogP contribution in [0.15, 0.2) is 33.2 Å². The largest absolute Gasteiger partial charge is 0.468 e. The first-order valence-corrected chi connectivity index (χ1v) is 10.8. The molecule has 1 atom stereocenters. The molecule has 0 saturated carbocycles. The van der Waals surface area contributed by atoms with Crippen LogP contribution in [0.1, 0.15) is 48.2 Å². The van der Waals surface area contributed by atoms with Crippen LogP contribution in [0.2, 0.25) is 0 Å². The SMILES string of the molecule is CN=C(NCCCc1nc(C)cs1)NCC(c1ccco1)N1CCCCC1. The maximum Gasteiger partial charge on any atom is 0.191 e. The number of nitrogens with zero attached hydrogens (tertiary/aromatic N) is 3. The summed E-state index contributed by atoms with van der Waals surface area (Å²) in [5.74, 6) is 1.87. The van der Waals surface area contributed by atoms with Crippen molar-refractivity contribution >= 4 is 17.3 Å². The minimum Gasteiger partial charge on any atom is -0.468 e. The molecule has 3 heterocycles. The summed E-state index contributed by atoms with van der Waals surface area (Å²) in [7, 11) is 1.82. The minimum absolute atomic E-state index is 0.247. The number of rotatable bonds is 8. The van der Waals surface area contributed by atoms with Gasteiger partial charge in [-0.1, -0.05) is 6.42 Å². The van der Waals surface area contributed by atoms with E-state index in [4.69, 9.17) is 4.42 Å². The third-order valence-corrected chi connectivity index (χ3v) is 5.94.